The van der Waals surface area contributed by atoms with Crippen molar-refractivity contribution in [1.29, 1.82) is 0 Å². The molecule has 0 bridgehead atoms. The third-order valence-electron chi connectivity index (χ3n) is 7.34. The summed E-state index contributed by atoms with van der Waals surface area (Å²) in [6, 6.07) is 16.0. The van der Waals surface area contributed by atoms with Gasteiger partial charge in [-0.3, -0.25) is 0 Å². The predicted molar refractivity (Wildman–Crippen MR) is 144 cm³/mol. The smallest absolute Gasteiger partial charge is 0.205 e. The van der Waals surface area contributed by atoms with Crippen molar-refractivity contribution in [3.8, 4) is 11.5 Å². The maximum absolute atomic E-state index is 9.01. The molecule has 0 heterocycles. The van der Waals surface area contributed by atoms with Gasteiger partial charge in [-0.2, -0.15) is 0 Å². The third kappa shape index (κ3) is 8.65. The van der Waals surface area contributed by atoms with Crippen LogP contribution in [0.2, 0.25) is 0 Å². The van der Waals surface area contributed by atoms with E-state index in [1.165, 1.54) is 43.2 Å². The predicted octanol–water partition coefficient (Wildman–Crippen LogP) is 9.21. The minimum atomic E-state index is -0.155. The van der Waals surface area contributed by atoms with Crippen LogP contribution < -0.4 is 4.74 Å². The van der Waals surface area contributed by atoms with Crippen LogP contribution in [0.25, 0.3) is 0 Å². The van der Waals surface area contributed by atoms with Crippen LogP contribution in [-0.4, -0.2) is 17.5 Å². The Kier molecular flexibility index (Phi) is 11.4. The van der Waals surface area contributed by atoms with E-state index in [0.717, 1.165) is 18.6 Å². The molecule has 2 aromatic rings. The zero-order chi connectivity index (χ0) is 25.1. The maximum atomic E-state index is 9.01. The van der Waals surface area contributed by atoms with Gasteiger partial charge in [0.1, 0.15) is 11.5 Å². The van der Waals surface area contributed by atoms with Gasteiger partial charge in [0.05, 0.1) is 6.10 Å². The molecule has 0 radical (unpaired) electrons. The average Bonchev–Trinajstić information content (AvgIpc) is 2.84. The Bertz CT molecular complexity index is 804. The molecule has 0 aromatic heterocycles. The number of phenols is 1. The second-order valence-electron chi connectivity index (χ2n) is 10.6. The molecule has 0 spiro atoms. The molecule has 34 heavy (non-hydrogen) atoms. The minimum absolute atomic E-state index is 0.123. The van der Waals surface area contributed by atoms with E-state index in [9.17, 15) is 0 Å². The van der Waals surface area contributed by atoms with Gasteiger partial charge < -0.3 is 14.6 Å². The van der Waals surface area contributed by atoms with Crippen LogP contribution in [0.15, 0.2) is 48.5 Å². The van der Waals surface area contributed by atoms with E-state index in [1.54, 1.807) is 12.1 Å². The van der Waals surface area contributed by atoms with E-state index in [1.807, 2.05) is 12.1 Å². The lowest BCUT2D eigenvalue weighted by molar-refractivity contribution is -0.182. The van der Waals surface area contributed by atoms with Crippen LogP contribution in [0.3, 0.4) is 0 Å². The van der Waals surface area contributed by atoms with E-state index in [2.05, 4.69) is 72.7 Å². The molecular weight excluding hydrogens is 420 g/mol. The van der Waals surface area contributed by atoms with Gasteiger partial charge in [-0.25, -0.2) is 0 Å². The summed E-state index contributed by atoms with van der Waals surface area (Å²) in [5.74, 6) is 2.46. The molecule has 1 aliphatic carbocycles. The fourth-order valence-corrected chi connectivity index (χ4v) is 4.45. The fraction of sp³-hybridized carbons (Fsp3) is 0.613. The number of aromatic hydroxyl groups is 1. The topological polar surface area (TPSA) is 38.7 Å². The molecule has 3 heteroatoms. The summed E-state index contributed by atoms with van der Waals surface area (Å²) in [5.41, 5.74) is 2.80. The van der Waals surface area contributed by atoms with Gasteiger partial charge in [-0.05, 0) is 86.8 Å². The van der Waals surface area contributed by atoms with Crippen molar-refractivity contribution in [3.05, 3.63) is 59.7 Å². The standard InChI is InChI=1S/C21H34O2.C10H14O/c1-6-17(4)18-10-12-19(13-11-18)23-20(22-16(2)3)21(5)14-8-7-9-15-21;1-3-8(2)9-4-6-10(11)7-5-9/h10-13,16-17,20H,6-9,14-15H2,1-5H3;4-8,11H,3H2,1-2H3. The van der Waals surface area contributed by atoms with Crippen LogP contribution in [0.5, 0.6) is 11.5 Å². The van der Waals surface area contributed by atoms with Gasteiger partial charge >= 0.3 is 0 Å². The molecule has 1 N–H and O–H groups in total. The minimum Gasteiger partial charge on any atom is -0.508 e. The largest absolute Gasteiger partial charge is 0.508 e. The molecule has 3 atom stereocenters. The van der Waals surface area contributed by atoms with Crippen molar-refractivity contribution in [3.63, 3.8) is 0 Å². The number of hydrogen-bond donors (Lipinski definition) is 1. The molecule has 190 valence electrons. The van der Waals surface area contributed by atoms with Gasteiger partial charge in [0.15, 0.2) is 0 Å². The number of phenolic OH excluding ortho intramolecular Hbond substituents is 1. The van der Waals surface area contributed by atoms with Crippen molar-refractivity contribution in [2.75, 3.05) is 0 Å². The summed E-state index contributed by atoms with van der Waals surface area (Å²) in [5, 5.41) is 9.01. The van der Waals surface area contributed by atoms with Crippen LogP contribution >= 0.6 is 0 Å². The summed E-state index contributed by atoms with van der Waals surface area (Å²) in [4.78, 5) is 0. The van der Waals surface area contributed by atoms with Crippen molar-refractivity contribution in [2.24, 2.45) is 5.41 Å². The van der Waals surface area contributed by atoms with Gasteiger partial charge in [-0.15, -0.1) is 0 Å². The van der Waals surface area contributed by atoms with Crippen molar-refractivity contribution >= 4 is 0 Å². The third-order valence-corrected chi connectivity index (χ3v) is 7.34. The molecule has 1 fully saturated rings. The summed E-state index contributed by atoms with van der Waals surface area (Å²) in [7, 11) is 0. The Labute approximate surface area is 208 Å². The van der Waals surface area contributed by atoms with E-state index in [4.69, 9.17) is 14.6 Å². The monoisotopic (exact) mass is 468 g/mol. The Morgan fingerprint density at radius 2 is 1.24 bits per heavy atom. The number of rotatable bonds is 9. The lowest BCUT2D eigenvalue weighted by Gasteiger charge is -2.40. The summed E-state index contributed by atoms with van der Waals surface area (Å²) in [6.45, 7) is 15.4. The first-order chi connectivity index (χ1) is 16.2. The van der Waals surface area contributed by atoms with E-state index in [0.29, 0.717) is 17.6 Å². The average molecular weight is 469 g/mol. The van der Waals surface area contributed by atoms with Crippen LogP contribution in [0.4, 0.5) is 0 Å². The Hall–Kier alpha value is -2.00. The Morgan fingerprint density at radius 1 is 0.765 bits per heavy atom. The first-order valence-corrected chi connectivity index (χ1v) is 13.4. The van der Waals surface area contributed by atoms with Gasteiger partial charge in [0.2, 0.25) is 6.29 Å². The van der Waals surface area contributed by atoms with Crippen LogP contribution in [0.1, 0.15) is 116 Å². The second-order valence-corrected chi connectivity index (χ2v) is 10.6. The summed E-state index contributed by atoms with van der Waals surface area (Å²) >= 11 is 0. The highest BCUT2D eigenvalue weighted by Crippen LogP contribution is 2.41. The maximum Gasteiger partial charge on any atom is 0.205 e. The van der Waals surface area contributed by atoms with E-state index >= 15 is 0 Å². The van der Waals surface area contributed by atoms with E-state index < -0.39 is 0 Å². The number of hydrogen-bond acceptors (Lipinski definition) is 3. The fourth-order valence-electron chi connectivity index (χ4n) is 4.45. The second kappa shape index (κ2) is 13.8. The Balaban J connectivity index is 0.000000310. The lowest BCUT2D eigenvalue weighted by atomic mass is 9.75. The van der Waals surface area contributed by atoms with Crippen molar-refractivity contribution < 1.29 is 14.6 Å². The summed E-state index contributed by atoms with van der Waals surface area (Å²) in [6.07, 6.45) is 8.62. The SMILES string of the molecule is CCC(C)c1ccc(O)cc1.CCC(C)c1ccc(OC(OC(C)C)C2(C)CCCCC2)cc1. The summed E-state index contributed by atoms with van der Waals surface area (Å²) < 4.78 is 12.5. The molecular formula is C31H48O3. The first kappa shape index (κ1) is 28.2. The van der Waals surface area contributed by atoms with Gasteiger partial charge in [0.25, 0.3) is 0 Å². The molecule has 3 unspecified atom stereocenters. The number of ether oxygens (including phenoxy) is 2. The first-order valence-electron chi connectivity index (χ1n) is 13.4. The molecule has 0 amide bonds. The van der Waals surface area contributed by atoms with E-state index in [-0.39, 0.29) is 17.8 Å². The zero-order valence-corrected chi connectivity index (χ0v) is 22.6. The molecule has 0 aliphatic heterocycles. The highest BCUT2D eigenvalue weighted by Gasteiger charge is 2.38. The van der Waals surface area contributed by atoms with Crippen molar-refractivity contribution in [1.82, 2.24) is 0 Å². The normalized spacial score (nSPS) is 17.9. The molecule has 3 nitrogen and oxygen atoms in total. The van der Waals surface area contributed by atoms with Crippen LogP contribution in [0, 0.1) is 5.41 Å². The van der Waals surface area contributed by atoms with Crippen LogP contribution in [-0.2, 0) is 4.74 Å². The number of benzene rings is 2. The molecule has 0 saturated heterocycles. The molecule has 1 aliphatic rings. The lowest BCUT2D eigenvalue weighted by Crippen LogP contribution is -2.42. The van der Waals surface area contributed by atoms with Gasteiger partial charge in [0, 0.05) is 5.41 Å². The highest BCUT2D eigenvalue weighted by molar-refractivity contribution is 5.29. The molecule has 3 rings (SSSR count). The highest BCUT2D eigenvalue weighted by atomic mass is 16.7. The quantitative estimate of drug-likeness (QED) is 0.373. The molecule has 1 saturated carbocycles. The van der Waals surface area contributed by atoms with Crippen molar-refractivity contribution in [2.45, 2.75) is 118 Å². The zero-order valence-electron chi connectivity index (χ0n) is 22.6. The Morgan fingerprint density at radius 3 is 1.68 bits per heavy atom. The molecule has 2 aromatic carbocycles. The van der Waals surface area contributed by atoms with Gasteiger partial charge in [-0.1, -0.05) is 78.1 Å².